The first-order chi connectivity index (χ1) is 11.6. The third-order valence-electron chi connectivity index (χ3n) is 5.09. The third-order valence-corrected chi connectivity index (χ3v) is 9.35. The first-order valence-corrected chi connectivity index (χ1v) is 10.2. The molecule has 2 amide bonds. The number of imide groups is 1. The van der Waals surface area contributed by atoms with Crippen molar-refractivity contribution >= 4 is 81.4 Å². The van der Waals surface area contributed by atoms with E-state index in [0.717, 1.165) is 19.3 Å². The average Bonchev–Trinajstić information content (AvgIpc) is 2.93. The summed E-state index contributed by atoms with van der Waals surface area (Å²) in [6.45, 7) is 2.31. The molecule has 2 fully saturated rings. The van der Waals surface area contributed by atoms with E-state index in [2.05, 4.69) is 6.92 Å². The van der Waals surface area contributed by atoms with Crippen molar-refractivity contribution in [3.63, 3.8) is 0 Å². The Balaban J connectivity index is 1.88. The van der Waals surface area contributed by atoms with Crippen LogP contribution in [0, 0.1) is 11.8 Å². The van der Waals surface area contributed by atoms with Gasteiger partial charge in [-0.05, 0) is 6.42 Å². The summed E-state index contributed by atoms with van der Waals surface area (Å²) in [6, 6.07) is 0. The summed E-state index contributed by atoms with van der Waals surface area (Å²) in [6.07, 6.45) is 3.75. The number of hydrogen-bond acceptors (Lipinski definition) is 3. The number of hydroxylamine groups is 2. The Hall–Kier alpha value is 0.580. The smallest absolute Gasteiger partial charge is 0.259 e. The van der Waals surface area contributed by atoms with Crippen molar-refractivity contribution in [2.75, 3.05) is 6.61 Å². The number of unbranched alkanes of at least 4 members (excludes halogenated alkanes) is 3. The maximum absolute atomic E-state index is 12.8. The number of fused-ring (bicyclic) bond motifs is 5. The van der Waals surface area contributed by atoms with E-state index in [-0.39, 0.29) is 16.7 Å². The first kappa shape index (κ1) is 20.3. The Labute approximate surface area is 175 Å². The van der Waals surface area contributed by atoms with Gasteiger partial charge >= 0.3 is 0 Å². The van der Waals surface area contributed by atoms with Crippen molar-refractivity contribution in [3.8, 4) is 0 Å². The van der Waals surface area contributed by atoms with Crippen LogP contribution in [0.2, 0.25) is 0 Å². The highest BCUT2D eigenvalue weighted by molar-refractivity contribution is 6.66. The van der Waals surface area contributed by atoms with Crippen LogP contribution in [-0.2, 0) is 14.4 Å². The van der Waals surface area contributed by atoms with Crippen LogP contribution in [0.5, 0.6) is 0 Å². The Morgan fingerprint density at radius 1 is 0.920 bits per heavy atom. The number of amides is 2. The molecule has 0 N–H and O–H groups in total. The molecule has 0 radical (unpaired) electrons. The summed E-state index contributed by atoms with van der Waals surface area (Å²) in [4.78, 5) is 27.4. The summed E-state index contributed by atoms with van der Waals surface area (Å²) in [5.41, 5.74) is 0. The molecule has 2 bridgehead atoms. The van der Waals surface area contributed by atoms with Gasteiger partial charge in [-0.25, -0.2) is 0 Å². The molecule has 0 aromatic carbocycles. The van der Waals surface area contributed by atoms with Gasteiger partial charge in [0.1, 0.15) is 9.75 Å². The number of halogens is 6. The van der Waals surface area contributed by atoms with E-state index in [1.165, 1.54) is 0 Å². The molecule has 2 aliphatic carbocycles. The molecule has 140 valence electrons. The maximum Gasteiger partial charge on any atom is 0.259 e. The van der Waals surface area contributed by atoms with Crippen molar-refractivity contribution in [3.05, 3.63) is 10.1 Å². The molecule has 10 heteroatoms. The van der Waals surface area contributed by atoms with Crippen molar-refractivity contribution in [1.82, 2.24) is 5.06 Å². The predicted molar refractivity (Wildman–Crippen MR) is 99.3 cm³/mol. The van der Waals surface area contributed by atoms with Crippen molar-refractivity contribution < 1.29 is 14.4 Å². The summed E-state index contributed by atoms with van der Waals surface area (Å²) in [7, 11) is 0. The summed E-state index contributed by atoms with van der Waals surface area (Å²) in [5, 5.41) is 0.490. The topological polar surface area (TPSA) is 46.6 Å². The SMILES string of the molecule is CCCCCCON1C(=O)[C@@H]2[C@@H](C1=O)[C@@]1(Cl)C(Cl)=C(Cl)[C@@]2(Cl)C1(Cl)Cl. The zero-order chi connectivity index (χ0) is 18.8. The van der Waals surface area contributed by atoms with Gasteiger partial charge in [0.25, 0.3) is 11.8 Å². The molecule has 3 rings (SSSR count). The molecular weight excluding hydrogens is 455 g/mol. The second kappa shape index (κ2) is 6.58. The molecule has 0 aromatic heterocycles. The highest BCUT2D eigenvalue weighted by Crippen LogP contribution is 2.77. The van der Waals surface area contributed by atoms with Crippen LogP contribution in [-0.4, -0.2) is 37.6 Å². The second-order valence-electron chi connectivity index (χ2n) is 6.45. The van der Waals surface area contributed by atoms with E-state index in [9.17, 15) is 9.59 Å². The van der Waals surface area contributed by atoms with Gasteiger partial charge in [0, 0.05) is 0 Å². The fraction of sp³-hybridized carbons (Fsp3) is 0.733. The lowest BCUT2D eigenvalue weighted by Crippen LogP contribution is -2.50. The summed E-state index contributed by atoms with van der Waals surface area (Å²) in [5.74, 6) is -3.59. The molecular formula is C15H15Cl6NO3. The number of nitrogens with zero attached hydrogens (tertiary/aromatic N) is 1. The number of alkyl halides is 4. The van der Waals surface area contributed by atoms with Crippen LogP contribution in [0.3, 0.4) is 0 Å². The number of rotatable bonds is 6. The molecule has 25 heavy (non-hydrogen) atoms. The predicted octanol–water partition coefficient (Wildman–Crippen LogP) is 4.95. The monoisotopic (exact) mass is 467 g/mol. The lowest BCUT2D eigenvalue weighted by Gasteiger charge is -2.34. The van der Waals surface area contributed by atoms with Gasteiger partial charge in [-0.3, -0.25) is 14.4 Å². The molecule has 0 spiro atoms. The van der Waals surface area contributed by atoms with Crippen LogP contribution in [0.4, 0.5) is 0 Å². The van der Waals surface area contributed by atoms with E-state index < -0.39 is 37.7 Å². The van der Waals surface area contributed by atoms with Crippen molar-refractivity contribution in [2.24, 2.45) is 11.8 Å². The van der Waals surface area contributed by atoms with E-state index in [4.69, 9.17) is 74.4 Å². The average molecular weight is 470 g/mol. The third kappa shape index (κ3) is 2.31. The number of carbonyl (C=O) groups is 2. The van der Waals surface area contributed by atoms with E-state index in [0.29, 0.717) is 11.5 Å². The minimum absolute atomic E-state index is 0.108. The summed E-state index contributed by atoms with van der Waals surface area (Å²) < 4.78 is -1.91. The summed E-state index contributed by atoms with van der Waals surface area (Å²) >= 11 is 38.3. The standard InChI is InChI=1S/C15H15Cl6NO3/c1-2-3-4-5-6-25-22-11(23)7-8(12(22)24)14(19)10(17)9(16)13(7,18)15(14,20)21/h7-8H,2-6H2,1H3/t7-,8-,13+,14+/m0/s1. The number of carbonyl (C=O) groups excluding carboxylic acids is 2. The quantitative estimate of drug-likeness (QED) is 0.314. The van der Waals surface area contributed by atoms with E-state index in [1.54, 1.807) is 0 Å². The molecule has 1 heterocycles. The number of hydrogen-bond donors (Lipinski definition) is 0. The zero-order valence-corrected chi connectivity index (χ0v) is 17.7. The Morgan fingerprint density at radius 2 is 1.40 bits per heavy atom. The minimum atomic E-state index is -1.91. The van der Waals surface area contributed by atoms with Crippen LogP contribution in [0.1, 0.15) is 32.6 Å². The largest absolute Gasteiger partial charge is 0.272 e. The van der Waals surface area contributed by atoms with Crippen molar-refractivity contribution in [2.45, 2.75) is 46.7 Å². The van der Waals surface area contributed by atoms with Gasteiger partial charge in [0.2, 0.25) is 0 Å². The Kier molecular flexibility index (Phi) is 5.35. The van der Waals surface area contributed by atoms with Gasteiger partial charge in [0.05, 0.1) is 28.5 Å². The second-order valence-corrected chi connectivity index (χ2v) is 9.72. The molecule has 1 aliphatic heterocycles. The van der Waals surface area contributed by atoms with Crippen LogP contribution >= 0.6 is 69.6 Å². The molecule has 4 nitrogen and oxygen atoms in total. The molecule has 3 aliphatic rings. The van der Waals surface area contributed by atoms with Gasteiger partial charge in [-0.2, -0.15) is 5.06 Å². The Morgan fingerprint density at radius 3 is 1.84 bits per heavy atom. The maximum atomic E-state index is 12.8. The van der Waals surface area contributed by atoms with Gasteiger partial charge in [-0.15, -0.1) is 23.2 Å². The highest BCUT2D eigenvalue weighted by Gasteiger charge is 2.87. The highest BCUT2D eigenvalue weighted by atomic mass is 35.5. The minimum Gasteiger partial charge on any atom is -0.272 e. The fourth-order valence-electron chi connectivity index (χ4n) is 3.78. The van der Waals surface area contributed by atoms with Crippen LogP contribution in [0.25, 0.3) is 0 Å². The lowest BCUT2D eigenvalue weighted by molar-refractivity contribution is -0.190. The van der Waals surface area contributed by atoms with Crippen LogP contribution in [0.15, 0.2) is 10.1 Å². The Bertz CT molecular complexity index is 622. The van der Waals surface area contributed by atoms with Crippen molar-refractivity contribution in [1.29, 1.82) is 0 Å². The van der Waals surface area contributed by atoms with E-state index >= 15 is 0 Å². The molecule has 0 aromatic rings. The zero-order valence-electron chi connectivity index (χ0n) is 13.1. The van der Waals surface area contributed by atoms with Crippen LogP contribution < -0.4 is 0 Å². The number of allylic oxidation sites excluding steroid dienone is 2. The lowest BCUT2D eigenvalue weighted by atomic mass is 9.84. The fourth-order valence-corrected chi connectivity index (χ4v) is 6.71. The molecule has 4 atom stereocenters. The molecule has 0 unspecified atom stereocenters. The van der Waals surface area contributed by atoms with E-state index in [1.807, 2.05) is 0 Å². The normalized spacial score (nSPS) is 38.9. The molecule has 1 saturated heterocycles. The van der Waals surface area contributed by atoms with Gasteiger partial charge in [-0.1, -0.05) is 72.6 Å². The first-order valence-electron chi connectivity index (χ1n) is 7.91. The van der Waals surface area contributed by atoms with Gasteiger partial charge < -0.3 is 0 Å². The molecule has 1 saturated carbocycles. The van der Waals surface area contributed by atoms with Gasteiger partial charge in [0.15, 0.2) is 4.33 Å².